The van der Waals surface area contributed by atoms with Crippen LogP contribution in [0.5, 0.6) is 0 Å². The van der Waals surface area contributed by atoms with Gasteiger partial charge >= 0.3 is 0 Å². The molecule has 40 heavy (non-hydrogen) atoms. The lowest BCUT2D eigenvalue weighted by atomic mass is 10.1. The van der Waals surface area contributed by atoms with Crippen molar-refractivity contribution >= 4 is 33.7 Å². The first-order valence-corrected chi connectivity index (χ1v) is 12.3. The van der Waals surface area contributed by atoms with Crippen LogP contribution in [0.3, 0.4) is 0 Å². The molecule has 0 radical (unpaired) electrons. The molecular weight excluding hydrogens is 509 g/mol. The number of imidazole rings is 1. The van der Waals surface area contributed by atoms with Crippen LogP contribution in [0.2, 0.25) is 0 Å². The second-order valence-corrected chi connectivity index (χ2v) is 8.94. The predicted molar refractivity (Wildman–Crippen MR) is 148 cm³/mol. The van der Waals surface area contributed by atoms with Crippen LogP contribution >= 0.6 is 0 Å². The number of carbonyl (C=O) groups is 1. The van der Waals surface area contributed by atoms with Crippen LogP contribution in [-0.4, -0.2) is 46.0 Å². The number of benzene rings is 1. The number of fused-ring (bicyclic) bond motifs is 2. The highest BCUT2D eigenvalue weighted by Gasteiger charge is 2.21. The van der Waals surface area contributed by atoms with E-state index in [1.807, 2.05) is 18.2 Å². The second kappa shape index (κ2) is 9.48. The zero-order valence-electron chi connectivity index (χ0n) is 20.6. The first-order chi connectivity index (χ1) is 19.7. The Bertz CT molecular complexity index is 2020. The highest BCUT2D eigenvalue weighted by molar-refractivity contribution is 6.04. The second-order valence-electron chi connectivity index (χ2n) is 8.94. The summed E-state index contributed by atoms with van der Waals surface area (Å²) in [6.45, 7) is 0. The van der Waals surface area contributed by atoms with Crippen LogP contribution < -0.4 is 5.32 Å². The van der Waals surface area contributed by atoms with Gasteiger partial charge in [-0.1, -0.05) is 18.2 Å². The summed E-state index contributed by atoms with van der Waals surface area (Å²) < 4.78 is 16.1. The van der Waals surface area contributed by atoms with Crippen LogP contribution in [0, 0.1) is 5.82 Å². The zero-order valence-corrected chi connectivity index (χ0v) is 20.6. The number of anilines is 1. The van der Waals surface area contributed by atoms with E-state index in [2.05, 4.69) is 40.4 Å². The van der Waals surface area contributed by atoms with E-state index in [4.69, 9.17) is 4.98 Å². The molecule has 3 N–H and O–H groups in total. The molecule has 192 valence electrons. The summed E-state index contributed by atoms with van der Waals surface area (Å²) in [5.74, 6) is -0.476. The summed E-state index contributed by atoms with van der Waals surface area (Å²) in [5, 5.41) is 10.1. The van der Waals surface area contributed by atoms with Crippen molar-refractivity contribution in [2.24, 2.45) is 0 Å². The third kappa shape index (κ3) is 4.02. The van der Waals surface area contributed by atoms with E-state index in [0.717, 1.165) is 11.1 Å². The van der Waals surface area contributed by atoms with Crippen molar-refractivity contribution in [2.75, 3.05) is 5.32 Å². The number of aromatic nitrogens is 8. The van der Waals surface area contributed by atoms with E-state index in [0.29, 0.717) is 33.8 Å². The SMILES string of the molecule is O=C(Nc1cncc(-c2cnc3[nH]nc(-c4nc5c(-c6ccncc6)nccc5[nH]4)c3c2F)c1)c1ccccc1. The van der Waals surface area contributed by atoms with Crippen molar-refractivity contribution in [1.82, 2.24) is 40.1 Å². The first-order valence-electron chi connectivity index (χ1n) is 12.3. The Kier molecular flexibility index (Phi) is 5.52. The molecule has 0 aliphatic carbocycles. The standard InChI is InChI=1S/C29H18FN9O/c30-23-20(18-12-19(14-32-13-18)35-29(40)17-4-2-1-3-5-17)15-34-27-22(23)26(38-39-27)28-36-21-8-11-33-24(25(21)37-28)16-6-9-31-10-7-16/h1-15H,(H,35,40)(H,36,37)(H,34,38,39). The van der Waals surface area contributed by atoms with Crippen molar-refractivity contribution in [3.05, 3.63) is 103 Å². The number of hydrogen-bond donors (Lipinski definition) is 3. The molecule has 6 heterocycles. The summed E-state index contributed by atoms with van der Waals surface area (Å²) in [6, 6.07) is 15.9. The number of rotatable bonds is 5. The predicted octanol–water partition coefficient (Wildman–Crippen LogP) is 5.41. The highest BCUT2D eigenvalue weighted by atomic mass is 19.1. The molecule has 0 aliphatic heterocycles. The number of carbonyl (C=O) groups excluding carboxylic acids is 1. The van der Waals surface area contributed by atoms with Crippen molar-refractivity contribution in [1.29, 1.82) is 0 Å². The van der Waals surface area contributed by atoms with E-state index in [9.17, 15) is 4.79 Å². The van der Waals surface area contributed by atoms with Crippen LogP contribution in [0.4, 0.5) is 10.1 Å². The number of pyridine rings is 4. The molecule has 0 saturated heterocycles. The van der Waals surface area contributed by atoms with Gasteiger partial charge < -0.3 is 10.3 Å². The molecule has 10 nitrogen and oxygen atoms in total. The molecule has 1 aromatic carbocycles. The molecule has 0 unspecified atom stereocenters. The number of hydrogen-bond acceptors (Lipinski definition) is 7. The normalized spacial score (nSPS) is 11.2. The van der Waals surface area contributed by atoms with Crippen molar-refractivity contribution in [3.63, 3.8) is 0 Å². The fraction of sp³-hybridized carbons (Fsp3) is 0. The molecular formula is C29H18FN9O. The van der Waals surface area contributed by atoms with Gasteiger partial charge in [0.05, 0.1) is 28.5 Å². The van der Waals surface area contributed by atoms with Crippen LogP contribution in [0.1, 0.15) is 10.4 Å². The Morgan fingerprint density at radius 3 is 2.55 bits per heavy atom. The third-order valence-corrected chi connectivity index (χ3v) is 6.45. The van der Waals surface area contributed by atoms with E-state index >= 15 is 4.39 Å². The van der Waals surface area contributed by atoms with Gasteiger partial charge in [-0.2, -0.15) is 5.10 Å². The molecule has 0 atom stereocenters. The maximum absolute atomic E-state index is 16.1. The minimum absolute atomic E-state index is 0.175. The van der Waals surface area contributed by atoms with Gasteiger partial charge in [0.2, 0.25) is 0 Å². The lowest BCUT2D eigenvalue weighted by Gasteiger charge is -2.08. The Balaban J connectivity index is 1.29. The van der Waals surface area contributed by atoms with Gasteiger partial charge in [0.15, 0.2) is 11.5 Å². The quantitative estimate of drug-likeness (QED) is 0.272. The minimum atomic E-state index is -0.546. The number of amides is 1. The maximum atomic E-state index is 16.1. The van der Waals surface area contributed by atoms with Crippen LogP contribution in [0.25, 0.3) is 56.0 Å². The molecule has 0 aliphatic rings. The Labute approximate surface area is 225 Å². The van der Waals surface area contributed by atoms with E-state index in [-0.39, 0.29) is 28.2 Å². The largest absolute Gasteiger partial charge is 0.336 e. The number of H-pyrrole nitrogens is 2. The van der Waals surface area contributed by atoms with Gasteiger partial charge in [0, 0.05) is 53.2 Å². The summed E-state index contributed by atoms with van der Waals surface area (Å²) in [6.07, 6.45) is 9.47. The van der Waals surface area contributed by atoms with Gasteiger partial charge in [-0.3, -0.25) is 24.8 Å². The Morgan fingerprint density at radius 1 is 0.850 bits per heavy atom. The van der Waals surface area contributed by atoms with Gasteiger partial charge in [-0.05, 0) is 36.4 Å². The van der Waals surface area contributed by atoms with Gasteiger partial charge in [-0.25, -0.2) is 14.4 Å². The van der Waals surface area contributed by atoms with Crippen molar-refractivity contribution < 1.29 is 9.18 Å². The molecule has 0 saturated carbocycles. The minimum Gasteiger partial charge on any atom is -0.336 e. The Morgan fingerprint density at radius 2 is 1.70 bits per heavy atom. The van der Waals surface area contributed by atoms with Crippen LogP contribution in [0.15, 0.2) is 91.8 Å². The van der Waals surface area contributed by atoms with E-state index in [1.165, 1.54) is 18.6 Å². The van der Waals surface area contributed by atoms with Crippen LogP contribution in [-0.2, 0) is 0 Å². The molecule has 0 spiro atoms. The van der Waals surface area contributed by atoms with E-state index in [1.54, 1.807) is 55.0 Å². The van der Waals surface area contributed by atoms with Crippen molar-refractivity contribution in [3.8, 4) is 33.9 Å². The van der Waals surface area contributed by atoms with Gasteiger partial charge in [-0.15, -0.1) is 0 Å². The molecule has 6 aromatic heterocycles. The summed E-state index contributed by atoms with van der Waals surface area (Å²) in [5.41, 5.74) is 4.98. The van der Waals surface area contributed by atoms with E-state index < -0.39 is 5.82 Å². The van der Waals surface area contributed by atoms with Crippen molar-refractivity contribution in [2.45, 2.75) is 0 Å². The smallest absolute Gasteiger partial charge is 0.255 e. The summed E-state index contributed by atoms with van der Waals surface area (Å²) in [7, 11) is 0. The molecule has 11 heteroatoms. The first kappa shape index (κ1) is 23.3. The fourth-order valence-electron chi connectivity index (χ4n) is 4.54. The van der Waals surface area contributed by atoms with Gasteiger partial charge in [0.25, 0.3) is 5.91 Å². The lowest BCUT2D eigenvalue weighted by Crippen LogP contribution is -2.11. The molecule has 0 fully saturated rings. The zero-order chi connectivity index (χ0) is 27.1. The molecule has 0 bridgehead atoms. The topological polar surface area (TPSA) is 138 Å². The number of halogens is 1. The monoisotopic (exact) mass is 527 g/mol. The lowest BCUT2D eigenvalue weighted by molar-refractivity contribution is 0.102. The molecule has 7 aromatic rings. The number of nitrogens with zero attached hydrogens (tertiary/aromatic N) is 6. The molecule has 7 rings (SSSR count). The molecule has 1 amide bonds. The third-order valence-electron chi connectivity index (χ3n) is 6.45. The number of aromatic amines is 2. The fourth-order valence-corrected chi connectivity index (χ4v) is 4.54. The number of nitrogens with one attached hydrogen (secondary N) is 3. The average molecular weight is 528 g/mol. The summed E-state index contributed by atoms with van der Waals surface area (Å²) in [4.78, 5) is 37.7. The summed E-state index contributed by atoms with van der Waals surface area (Å²) >= 11 is 0. The Hall–Kier alpha value is -5.84. The maximum Gasteiger partial charge on any atom is 0.255 e. The highest BCUT2D eigenvalue weighted by Crippen LogP contribution is 2.34. The van der Waals surface area contributed by atoms with Gasteiger partial charge in [0.1, 0.15) is 17.0 Å². The average Bonchev–Trinajstić information content (AvgIpc) is 3.63.